The molecule has 1 unspecified atom stereocenters. The van der Waals surface area contributed by atoms with E-state index in [-0.39, 0.29) is 24.1 Å². The average molecular weight is 349 g/mol. The Labute approximate surface area is 137 Å². The van der Waals surface area contributed by atoms with Crippen LogP contribution in [-0.4, -0.2) is 34.8 Å². The standard InChI is InChI=1S/C14H20N2O4S.ClH/c1-10-5-12-13(20-9-19-12)6-14(10)21(17,18)16-8-11-3-2-4-15-7-11;/h5-6,11,15-16H,2-4,7-9H2,1H3;1H. The fourth-order valence-corrected chi connectivity index (χ4v) is 4.07. The topological polar surface area (TPSA) is 76.7 Å². The van der Waals surface area contributed by atoms with Crippen LogP contribution >= 0.6 is 12.4 Å². The number of hydrogen-bond donors (Lipinski definition) is 2. The predicted octanol–water partition coefficient (Wildman–Crippen LogP) is 1.42. The van der Waals surface area contributed by atoms with E-state index < -0.39 is 10.0 Å². The van der Waals surface area contributed by atoms with Gasteiger partial charge in [0.25, 0.3) is 0 Å². The Morgan fingerprint density at radius 1 is 1.32 bits per heavy atom. The summed E-state index contributed by atoms with van der Waals surface area (Å²) in [5.74, 6) is 1.44. The van der Waals surface area contributed by atoms with Crippen molar-refractivity contribution in [1.82, 2.24) is 10.0 Å². The van der Waals surface area contributed by atoms with Crippen molar-refractivity contribution in [2.24, 2.45) is 5.92 Å². The zero-order valence-electron chi connectivity index (χ0n) is 12.4. The van der Waals surface area contributed by atoms with Gasteiger partial charge in [-0.3, -0.25) is 0 Å². The van der Waals surface area contributed by atoms with Crippen molar-refractivity contribution >= 4 is 22.4 Å². The van der Waals surface area contributed by atoms with Crippen LogP contribution < -0.4 is 19.5 Å². The number of ether oxygens (including phenoxy) is 2. The van der Waals surface area contributed by atoms with Crippen LogP contribution in [0.25, 0.3) is 0 Å². The molecule has 0 aliphatic carbocycles. The SMILES string of the molecule is Cc1cc2c(cc1S(=O)(=O)NCC1CCCNC1)OCO2.Cl. The first-order valence-electron chi connectivity index (χ1n) is 7.17. The summed E-state index contributed by atoms with van der Waals surface area (Å²) in [7, 11) is -3.53. The highest BCUT2D eigenvalue weighted by Crippen LogP contribution is 2.36. The van der Waals surface area contributed by atoms with Gasteiger partial charge in [-0.05, 0) is 50.4 Å². The Hall–Kier alpha value is -1.02. The van der Waals surface area contributed by atoms with Gasteiger partial charge < -0.3 is 14.8 Å². The normalized spacial score (nSPS) is 20.5. The molecule has 2 N–H and O–H groups in total. The molecule has 0 saturated carbocycles. The first-order chi connectivity index (χ1) is 10.1. The molecular weight excluding hydrogens is 328 g/mol. The van der Waals surface area contributed by atoms with Crippen molar-refractivity contribution < 1.29 is 17.9 Å². The lowest BCUT2D eigenvalue weighted by atomic mass is 10.0. The highest BCUT2D eigenvalue weighted by Gasteiger charge is 2.24. The number of sulfonamides is 1. The van der Waals surface area contributed by atoms with Gasteiger partial charge in [0.05, 0.1) is 4.90 Å². The van der Waals surface area contributed by atoms with Crippen molar-refractivity contribution in [3.8, 4) is 11.5 Å². The maximum atomic E-state index is 12.5. The maximum absolute atomic E-state index is 12.5. The molecule has 2 aliphatic heterocycles. The van der Waals surface area contributed by atoms with E-state index in [0.29, 0.717) is 29.5 Å². The van der Waals surface area contributed by atoms with Gasteiger partial charge in [0.2, 0.25) is 16.8 Å². The van der Waals surface area contributed by atoms with Crippen LogP contribution in [0.2, 0.25) is 0 Å². The molecule has 8 heteroatoms. The van der Waals surface area contributed by atoms with Crippen molar-refractivity contribution in [2.75, 3.05) is 26.4 Å². The van der Waals surface area contributed by atoms with Crippen molar-refractivity contribution in [3.63, 3.8) is 0 Å². The molecule has 0 spiro atoms. The number of fused-ring (bicyclic) bond motifs is 1. The van der Waals surface area contributed by atoms with E-state index in [1.54, 1.807) is 19.1 Å². The Morgan fingerprint density at radius 2 is 2.05 bits per heavy atom. The summed E-state index contributed by atoms with van der Waals surface area (Å²) in [5.41, 5.74) is 0.661. The molecule has 3 rings (SSSR count). The number of piperidine rings is 1. The summed E-state index contributed by atoms with van der Waals surface area (Å²) in [6.07, 6.45) is 2.14. The molecule has 22 heavy (non-hydrogen) atoms. The molecule has 1 saturated heterocycles. The summed E-state index contributed by atoms with van der Waals surface area (Å²) >= 11 is 0. The summed E-state index contributed by atoms with van der Waals surface area (Å²) in [6, 6.07) is 3.25. The molecule has 2 aliphatic rings. The van der Waals surface area contributed by atoms with Crippen molar-refractivity contribution in [1.29, 1.82) is 0 Å². The summed E-state index contributed by atoms with van der Waals surface area (Å²) < 4.78 is 38.2. The van der Waals surface area contributed by atoms with E-state index in [1.165, 1.54) is 0 Å². The number of halogens is 1. The van der Waals surface area contributed by atoms with Gasteiger partial charge in [0.1, 0.15) is 0 Å². The molecule has 0 aromatic heterocycles. The molecule has 0 bridgehead atoms. The molecule has 0 amide bonds. The van der Waals surface area contributed by atoms with Crippen LogP contribution in [0, 0.1) is 12.8 Å². The second-order valence-electron chi connectivity index (χ2n) is 5.54. The van der Waals surface area contributed by atoms with Crippen LogP contribution in [0.3, 0.4) is 0 Å². The summed E-state index contributed by atoms with van der Waals surface area (Å²) in [5, 5.41) is 3.28. The third-order valence-corrected chi connectivity index (χ3v) is 5.49. The van der Waals surface area contributed by atoms with Crippen molar-refractivity contribution in [2.45, 2.75) is 24.7 Å². The van der Waals surface area contributed by atoms with Gasteiger partial charge in [-0.25, -0.2) is 13.1 Å². The van der Waals surface area contributed by atoms with Gasteiger partial charge in [0.15, 0.2) is 11.5 Å². The molecule has 0 radical (unpaired) electrons. The monoisotopic (exact) mass is 348 g/mol. The zero-order chi connectivity index (χ0) is 14.9. The van der Waals surface area contributed by atoms with E-state index in [2.05, 4.69) is 10.0 Å². The lowest BCUT2D eigenvalue weighted by molar-refractivity contribution is 0.174. The highest BCUT2D eigenvalue weighted by molar-refractivity contribution is 7.89. The molecular formula is C14H21ClN2O4S. The molecule has 1 atom stereocenters. The molecule has 2 heterocycles. The number of hydrogen-bond acceptors (Lipinski definition) is 5. The smallest absolute Gasteiger partial charge is 0.240 e. The van der Waals surface area contributed by atoms with E-state index in [0.717, 1.165) is 25.9 Å². The fourth-order valence-electron chi connectivity index (χ4n) is 2.72. The Morgan fingerprint density at radius 3 is 2.73 bits per heavy atom. The second-order valence-corrected chi connectivity index (χ2v) is 7.27. The fraction of sp³-hybridized carbons (Fsp3) is 0.571. The first kappa shape index (κ1) is 17.3. The second kappa shape index (κ2) is 7.04. The Bertz CT molecular complexity index is 630. The minimum absolute atomic E-state index is 0. The minimum atomic E-state index is -3.53. The Balaban J connectivity index is 0.00000176. The molecule has 1 aromatic rings. The van der Waals surface area contributed by atoms with Crippen LogP contribution in [0.15, 0.2) is 17.0 Å². The van der Waals surface area contributed by atoms with Crippen LogP contribution in [-0.2, 0) is 10.0 Å². The number of benzene rings is 1. The molecule has 124 valence electrons. The quantitative estimate of drug-likeness (QED) is 0.860. The number of rotatable bonds is 4. The van der Waals surface area contributed by atoms with E-state index in [1.807, 2.05) is 0 Å². The van der Waals surface area contributed by atoms with Gasteiger partial charge >= 0.3 is 0 Å². The molecule has 6 nitrogen and oxygen atoms in total. The van der Waals surface area contributed by atoms with Gasteiger partial charge in [-0.15, -0.1) is 12.4 Å². The van der Waals surface area contributed by atoms with E-state index >= 15 is 0 Å². The Kier molecular flexibility index (Phi) is 5.55. The van der Waals surface area contributed by atoms with E-state index in [4.69, 9.17) is 9.47 Å². The summed E-state index contributed by atoms with van der Waals surface area (Å²) in [6.45, 7) is 4.24. The number of nitrogens with one attached hydrogen (secondary N) is 2. The van der Waals surface area contributed by atoms with Gasteiger partial charge in [-0.2, -0.15) is 0 Å². The lowest BCUT2D eigenvalue weighted by Gasteiger charge is -2.23. The average Bonchev–Trinajstić information content (AvgIpc) is 2.92. The summed E-state index contributed by atoms with van der Waals surface area (Å²) in [4.78, 5) is 0.260. The third-order valence-electron chi connectivity index (χ3n) is 3.92. The largest absolute Gasteiger partial charge is 0.454 e. The third kappa shape index (κ3) is 3.65. The maximum Gasteiger partial charge on any atom is 0.240 e. The van der Waals surface area contributed by atoms with Crippen LogP contribution in [0.4, 0.5) is 0 Å². The molecule has 1 fully saturated rings. The van der Waals surface area contributed by atoms with Crippen molar-refractivity contribution in [3.05, 3.63) is 17.7 Å². The van der Waals surface area contributed by atoms with Gasteiger partial charge in [-0.1, -0.05) is 0 Å². The predicted molar refractivity (Wildman–Crippen MR) is 85.3 cm³/mol. The number of aryl methyl sites for hydroxylation is 1. The lowest BCUT2D eigenvalue weighted by Crippen LogP contribution is -2.38. The highest BCUT2D eigenvalue weighted by atomic mass is 35.5. The van der Waals surface area contributed by atoms with Crippen LogP contribution in [0.1, 0.15) is 18.4 Å². The minimum Gasteiger partial charge on any atom is -0.454 e. The van der Waals surface area contributed by atoms with Crippen LogP contribution in [0.5, 0.6) is 11.5 Å². The van der Waals surface area contributed by atoms with Gasteiger partial charge in [0, 0.05) is 12.6 Å². The first-order valence-corrected chi connectivity index (χ1v) is 8.65. The molecule has 1 aromatic carbocycles. The van der Waals surface area contributed by atoms with E-state index in [9.17, 15) is 8.42 Å². The zero-order valence-corrected chi connectivity index (χ0v) is 14.1.